The van der Waals surface area contributed by atoms with Crippen LogP contribution in [0.3, 0.4) is 0 Å². The minimum Gasteiger partial charge on any atom is -0.357 e. The van der Waals surface area contributed by atoms with Crippen molar-refractivity contribution in [2.45, 2.75) is 65.8 Å². The predicted molar refractivity (Wildman–Crippen MR) is 95.6 cm³/mol. The molecule has 4 nitrogen and oxygen atoms in total. The first kappa shape index (κ1) is 17.3. The molecule has 22 heavy (non-hydrogen) atoms. The summed E-state index contributed by atoms with van der Waals surface area (Å²) in [6, 6.07) is 0. The Hall–Kier alpha value is -1.10. The highest BCUT2D eigenvalue weighted by Gasteiger charge is 2.28. The highest BCUT2D eigenvalue weighted by molar-refractivity contribution is 7.09. The molecule has 1 aliphatic rings. The van der Waals surface area contributed by atoms with Crippen molar-refractivity contribution >= 4 is 17.3 Å². The molecule has 1 aromatic heterocycles. The van der Waals surface area contributed by atoms with Crippen LogP contribution in [0.4, 0.5) is 0 Å². The minimum atomic E-state index is 0.433. The summed E-state index contributed by atoms with van der Waals surface area (Å²) in [5, 5.41) is 10.1. The van der Waals surface area contributed by atoms with Gasteiger partial charge < -0.3 is 10.6 Å². The summed E-state index contributed by atoms with van der Waals surface area (Å²) in [6.07, 6.45) is 5.37. The molecular formula is C17H30N4S. The van der Waals surface area contributed by atoms with Gasteiger partial charge in [-0.3, -0.25) is 0 Å². The minimum absolute atomic E-state index is 0.433. The van der Waals surface area contributed by atoms with Gasteiger partial charge in [0.15, 0.2) is 5.96 Å². The van der Waals surface area contributed by atoms with E-state index >= 15 is 0 Å². The summed E-state index contributed by atoms with van der Waals surface area (Å²) in [5.74, 6) is 1.40. The van der Waals surface area contributed by atoms with E-state index in [0.29, 0.717) is 17.9 Å². The lowest BCUT2D eigenvalue weighted by molar-refractivity contribution is 0.334. The van der Waals surface area contributed by atoms with Gasteiger partial charge in [0.25, 0.3) is 0 Å². The molecule has 0 spiro atoms. The van der Waals surface area contributed by atoms with Crippen molar-refractivity contribution in [1.29, 1.82) is 0 Å². The highest BCUT2D eigenvalue weighted by Crippen LogP contribution is 2.36. The number of nitrogens with zero attached hydrogens (tertiary/aromatic N) is 2. The van der Waals surface area contributed by atoms with Gasteiger partial charge in [-0.2, -0.15) is 0 Å². The zero-order chi connectivity index (χ0) is 16.0. The van der Waals surface area contributed by atoms with Crippen molar-refractivity contribution in [3.8, 4) is 0 Å². The maximum atomic E-state index is 4.69. The van der Waals surface area contributed by atoms with Gasteiger partial charge in [0, 0.05) is 18.5 Å². The Kier molecular flexibility index (Phi) is 6.24. The van der Waals surface area contributed by atoms with Gasteiger partial charge in [-0.15, -0.1) is 11.3 Å². The molecule has 1 aromatic rings. The normalized spacial score (nSPS) is 18.0. The van der Waals surface area contributed by atoms with Gasteiger partial charge in [-0.05, 0) is 31.1 Å². The lowest BCUT2D eigenvalue weighted by Gasteiger charge is -2.25. The topological polar surface area (TPSA) is 49.3 Å². The van der Waals surface area contributed by atoms with E-state index in [1.165, 1.54) is 31.4 Å². The van der Waals surface area contributed by atoms with Crippen LogP contribution in [0.25, 0.3) is 0 Å². The molecule has 1 aliphatic carbocycles. The molecule has 2 N–H and O–H groups in total. The van der Waals surface area contributed by atoms with Crippen LogP contribution in [0.2, 0.25) is 0 Å². The third-order valence-electron chi connectivity index (χ3n) is 4.37. The van der Waals surface area contributed by atoms with Gasteiger partial charge in [-0.25, -0.2) is 9.98 Å². The first-order chi connectivity index (χ1) is 10.5. The van der Waals surface area contributed by atoms with E-state index < -0.39 is 0 Å². The summed E-state index contributed by atoms with van der Waals surface area (Å²) in [7, 11) is 0. The number of rotatable bonds is 6. The van der Waals surface area contributed by atoms with E-state index in [-0.39, 0.29) is 0 Å². The van der Waals surface area contributed by atoms with Crippen molar-refractivity contribution in [2.75, 3.05) is 13.1 Å². The number of hydrogen-bond donors (Lipinski definition) is 2. The Morgan fingerprint density at radius 3 is 2.68 bits per heavy atom. The van der Waals surface area contributed by atoms with Crippen LogP contribution in [-0.2, 0) is 6.54 Å². The second kappa shape index (κ2) is 7.95. The van der Waals surface area contributed by atoms with Crippen LogP contribution in [-0.4, -0.2) is 24.0 Å². The van der Waals surface area contributed by atoms with Crippen LogP contribution in [0, 0.1) is 5.41 Å². The average molecular weight is 323 g/mol. The monoisotopic (exact) mass is 322 g/mol. The SMILES string of the molecule is CCNC(=NCc1nc(C(C)C)cs1)NCC1(C)CCCC1. The third kappa shape index (κ3) is 4.97. The Morgan fingerprint density at radius 1 is 1.36 bits per heavy atom. The van der Waals surface area contributed by atoms with Crippen LogP contribution < -0.4 is 10.6 Å². The number of guanidine groups is 1. The Labute approximate surface area is 138 Å². The largest absolute Gasteiger partial charge is 0.357 e. The molecule has 0 radical (unpaired) electrons. The fourth-order valence-electron chi connectivity index (χ4n) is 2.85. The molecular weight excluding hydrogens is 292 g/mol. The quantitative estimate of drug-likeness (QED) is 0.617. The van der Waals surface area contributed by atoms with Crippen molar-refractivity contribution in [1.82, 2.24) is 15.6 Å². The van der Waals surface area contributed by atoms with Crippen LogP contribution in [0.5, 0.6) is 0 Å². The molecule has 124 valence electrons. The van der Waals surface area contributed by atoms with Crippen molar-refractivity contribution in [3.63, 3.8) is 0 Å². The van der Waals surface area contributed by atoms with Crippen LogP contribution in [0.15, 0.2) is 10.4 Å². The lowest BCUT2D eigenvalue weighted by Crippen LogP contribution is -2.42. The van der Waals surface area contributed by atoms with Crippen molar-refractivity contribution in [2.24, 2.45) is 10.4 Å². The van der Waals surface area contributed by atoms with E-state index in [0.717, 1.165) is 24.1 Å². The van der Waals surface area contributed by atoms with Gasteiger partial charge in [0.2, 0.25) is 0 Å². The molecule has 0 amide bonds. The molecule has 2 rings (SSSR count). The summed E-state index contributed by atoms with van der Waals surface area (Å²) in [4.78, 5) is 9.34. The van der Waals surface area contributed by atoms with Gasteiger partial charge in [-0.1, -0.05) is 33.6 Å². The summed E-state index contributed by atoms with van der Waals surface area (Å²) in [5.41, 5.74) is 1.61. The number of nitrogens with one attached hydrogen (secondary N) is 2. The Balaban J connectivity index is 1.91. The fourth-order valence-corrected chi connectivity index (χ4v) is 3.73. The smallest absolute Gasteiger partial charge is 0.191 e. The molecule has 0 saturated heterocycles. The Morgan fingerprint density at radius 2 is 2.09 bits per heavy atom. The Bertz CT molecular complexity index is 487. The zero-order valence-electron chi connectivity index (χ0n) is 14.4. The first-order valence-corrected chi connectivity index (χ1v) is 9.37. The van der Waals surface area contributed by atoms with E-state index in [9.17, 15) is 0 Å². The van der Waals surface area contributed by atoms with Crippen LogP contribution in [0.1, 0.15) is 70.0 Å². The molecule has 1 heterocycles. The highest BCUT2D eigenvalue weighted by atomic mass is 32.1. The molecule has 1 fully saturated rings. The molecule has 5 heteroatoms. The zero-order valence-corrected chi connectivity index (χ0v) is 15.2. The third-order valence-corrected chi connectivity index (χ3v) is 5.22. The molecule has 0 atom stereocenters. The molecule has 0 aromatic carbocycles. The number of hydrogen-bond acceptors (Lipinski definition) is 3. The van der Waals surface area contributed by atoms with E-state index in [1.807, 2.05) is 0 Å². The molecule has 0 aliphatic heterocycles. The number of aromatic nitrogens is 1. The van der Waals surface area contributed by atoms with E-state index in [4.69, 9.17) is 4.99 Å². The van der Waals surface area contributed by atoms with E-state index in [2.05, 4.69) is 48.7 Å². The van der Waals surface area contributed by atoms with Gasteiger partial charge in [0.1, 0.15) is 5.01 Å². The predicted octanol–water partition coefficient (Wildman–Crippen LogP) is 3.90. The van der Waals surface area contributed by atoms with Gasteiger partial charge >= 0.3 is 0 Å². The second-order valence-electron chi connectivity index (χ2n) is 6.89. The van der Waals surface area contributed by atoms with Crippen LogP contribution >= 0.6 is 11.3 Å². The van der Waals surface area contributed by atoms with Crippen molar-refractivity contribution < 1.29 is 0 Å². The molecule has 0 bridgehead atoms. The first-order valence-electron chi connectivity index (χ1n) is 8.49. The fraction of sp³-hybridized carbons (Fsp3) is 0.765. The summed E-state index contributed by atoms with van der Waals surface area (Å²) >= 11 is 1.71. The number of aliphatic imine (C=N–C) groups is 1. The summed E-state index contributed by atoms with van der Waals surface area (Å²) < 4.78 is 0. The number of thiazole rings is 1. The molecule has 0 unspecified atom stereocenters. The maximum absolute atomic E-state index is 4.69. The standard InChI is InChI=1S/C17H30N4S/c1-5-18-16(20-12-17(4)8-6-7-9-17)19-10-15-21-14(11-22-15)13(2)3/h11,13H,5-10,12H2,1-4H3,(H2,18,19,20). The molecule has 1 saturated carbocycles. The lowest BCUT2D eigenvalue weighted by atomic mass is 9.89. The van der Waals surface area contributed by atoms with Gasteiger partial charge in [0.05, 0.1) is 12.2 Å². The average Bonchev–Trinajstić information content (AvgIpc) is 3.11. The van der Waals surface area contributed by atoms with E-state index in [1.54, 1.807) is 11.3 Å². The maximum Gasteiger partial charge on any atom is 0.191 e. The van der Waals surface area contributed by atoms with Crippen molar-refractivity contribution in [3.05, 3.63) is 16.1 Å². The second-order valence-corrected chi connectivity index (χ2v) is 7.83. The summed E-state index contributed by atoms with van der Waals surface area (Å²) in [6.45, 7) is 11.4.